The number of hydrogen-bond acceptors (Lipinski definition) is 5. The van der Waals surface area contributed by atoms with E-state index in [1.165, 1.54) is 11.3 Å². The summed E-state index contributed by atoms with van der Waals surface area (Å²) >= 11 is 1.33. The molecule has 0 aliphatic carbocycles. The summed E-state index contributed by atoms with van der Waals surface area (Å²) in [6, 6.07) is 0. The molecule has 0 bridgehead atoms. The van der Waals surface area contributed by atoms with Crippen LogP contribution in [0.2, 0.25) is 0 Å². The summed E-state index contributed by atoms with van der Waals surface area (Å²) in [5, 5.41) is 2.78. The minimum atomic E-state index is -0.128. The number of nitrogens with zero attached hydrogens (tertiary/aromatic N) is 2. The molecule has 6 nitrogen and oxygen atoms in total. The minimum absolute atomic E-state index is 0.00717. The zero-order chi connectivity index (χ0) is 13.7. The highest BCUT2D eigenvalue weighted by atomic mass is 32.1. The van der Waals surface area contributed by atoms with Crippen LogP contribution in [-0.4, -0.2) is 47.9 Å². The monoisotopic (exact) mass is 282 g/mol. The molecule has 0 radical (unpaired) electrons. The normalized spacial score (nSPS) is 19.2. The van der Waals surface area contributed by atoms with Crippen LogP contribution in [0.1, 0.15) is 22.5 Å². The van der Waals surface area contributed by atoms with Gasteiger partial charge in [-0.05, 0) is 12.8 Å². The maximum absolute atomic E-state index is 12.2. The number of rotatable bonds is 4. The highest BCUT2D eigenvalue weighted by Crippen LogP contribution is 2.19. The molecule has 1 atom stereocenters. The Bertz CT molecular complexity index is 435. The number of likely N-dealkylation sites (tertiary alicyclic amines) is 1. The fourth-order valence-corrected chi connectivity index (χ4v) is 2.78. The molecule has 0 saturated carbocycles. The van der Waals surface area contributed by atoms with Crippen molar-refractivity contribution in [2.45, 2.75) is 12.8 Å². The van der Waals surface area contributed by atoms with Crippen molar-refractivity contribution in [1.82, 2.24) is 15.2 Å². The molecule has 1 saturated heterocycles. The lowest BCUT2D eigenvalue weighted by Crippen LogP contribution is -2.46. The van der Waals surface area contributed by atoms with Gasteiger partial charge in [-0.2, -0.15) is 0 Å². The number of aromatic nitrogens is 1. The van der Waals surface area contributed by atoms with E-state index in [2.05, 4.69) is 10.3 Å². The number of carbonyl (C=O) groups is 2. The molecule has 1 aromatic heterocycles. The van der Waals surface area contributed by atoms with Gasteiger partial charge < -0.3 is 16.0 Å². The first-order valence-electron chi connectivity index (χ1n) is 6.38. The molecule has 7 heteroatoms. The van der Waals surface area contributed by atoms with E-state index < -0.39 is 0 Å². The fraction of sp³-hybridized carbons (Fsp3) is 0.583. The first-order chi connectivity index (χ1) is 9.22. The average Bonchev–Trinajstić information content (AvgIpc) is 2.98. The molecule has 0 spiro atoms. The Morgan fingerprint density at radius 2 is 2.42 bits per heavy atom. The molecular weight excluding hydrogens is 264 g/mol. The van der Waals surface area contributed by atoms with Crippen molar-refractivity contribution in [3.8, 4) is 0 Å². The maximum Gasteiger partial charge on any atom is 0.265 e. The van der Waals surface area contributed by atoms with Gasteiger partial charge in [-0.1, -0.05) is 0 Å². The third-order valence-corrected chi connectivity index (χ3v) is 3.93. The number of nitrogens with two attached hydrogens (primary N) is 1. The molecule has 1 aliphatic rings. The lowest BCUT2D eigenvalue weighted by Gasteiger charge is -2.31. The van der Waals surface area contributed by atoms with Crippen molar-refractivity contribution < 1.29 is 9.59 Å². The van der Waals surface area contributed by atoms with Crippen LogP contribution in [0.15, 0.2) is 11.7 Å². The number of piperidine rings is 1. The molecule has 2 amide bonds. The Kier molecular flexibility index (Phi) is 4.86. The van der Waals surface area contributed by atoms with E-state index in [-0.39, 0.29) is 17.7 Å². The van der Waals surface area contributed by atoms with Gasteiger partial charge in [-0.15, -0.1) is 11.3 Å². The second kappa shape index (κ2) is 6.63. The van der Waals surface area contributed by atoms with Gasteiger partial charge in [0.1, 0.15) is 4.88 Å². The zero-order valence-corrected chi connectivity index (χ0v) is 11.5. The highest BCUT2D eigenvalue weighted by Gasteiger charge is 2.29. The van der Waals surface area contributed by atoms with E-state index in [4.69, 9.17) is 5.73 Å². The summed E-state index contributed by atoms with van der Waals surface area (Å²) in [4.78, 5) is 30.4. The molecule has 1 aliphatic heterocycles. The molecule has 0 aromatic carbocycles. The summed E-state index contributed by atoms with van der Waals surface area (Å²) in [5.74, 6) is -0.164. The SMILES string of the molecule is NCCNC(=O)C1CCCN(C(=O)c2cncs2)C1. The van der Waals surface area contributed by atoms with E-state index in [1.807, 2.05) is 0 Å². The van der Waals surface area contributed by atoms with Crippen LogP contribution in [-0.2, 0) is 4.79 Å². The Morgan fingerprint density at radius 3 is 3.11 bits per heavy atom. The smallest absolute Gasteiger partial charge is 0.265 e. The Balaban J connectivity index is 1.93. The van der Waals surface area contributed by atoms with Gasteiger partial charge in [0.15, 0.2) is 0 Å². The van der Waals surface area contributed by atoms with Gasteiger partial charge >= 0.3 is 0 Å². The van der Waals surface area contributed by atoms with E-state index in [0.29, 0.717) is 31.1 Å². The van der Waals surface area contributed by atoms with Gasteiger partial charge in [-0.3, -0.25) is 14.6 Å². The van der Waals surface area contributed by atoms with Gasteiger partial charge in [0.05, 0.1) is 17.6 Å². The molecule has 1 unspecified atom stereocenters. The predicted octanol–water partition coefficient (Wildman–Crippen LogP) is 0.0702. The summed E-state index contributed by atoms with van der Waals surface area (Å²) in [7, 11) is 0. The fourth-order valence-electron chi connectivity index (χ4n) is 2.19. The molecule has 2 heterocycles. The quantitative estimate of drug-likeness (QED) is 0.818. The van der Waals surface area contributed by atoms with Crippen molar-refractivity contribution in [2.24, 2.45) is 11.7 Å². The van der Waals surface area contributed by atoms with Gasteiger partial charge in [0, 0.05) is 26.2 Å². The molecule has 104 valence electrons. The Labute approximate surface area is 116 Å². The Morgan fingerprint density at radius 1 is 1.58 bits per heavy atom. The summed E-state index contributed by atoms with van der Waals surface area (Å²) in [6.45, 7) is 2.10. The molecule has 3 N–H and O–H groups in total. The van der Waals surface area contributed by atoms with Crippen LogP contribution in [0.3, 0.4) is 0 Å². The number of amides is 2. The van der Waals surface area contributed by atoms with Gasteiger partial charge in [-0.25, -0.2) is 0 Å². The first-order valence-corrected chi connectivity index (χ1v) is 7.26. The zero-order valence-electron chi connectivity index (χ0n) is 10.7. The lowest BCUT2D eigenvalue weighted by atomic mass is 9.97. The topological polar surface area (TPSA) is 88.3 Å². The van der Waals surface area contributed by atoms with Crippen LogP contribution < -0.4 is 11.1 Å². The minimum Gasteiger partial charge on any atom is -0.355 e. The lowest BCUT2D eigenvalue weighted by molar-refractivity contribution is -0.126. The van der Waals surface area contributed by atoms with Crippen molar-refractivity contribution in [1.29, 1.82) is 0 Å². The standard InChI is InChI=1S/C12H18N4O2S/c13-3-4-15-11(17)9-2-1-5-16(7-9)12(18)10-6-14-8-19-10/h6,8-9H,1-5,7,13H2,(H,15,17). The second-order valence-corrected chi connectivity index (χ2v) is 5.42. The summed E-state index contributed by atoms with van der Waals surface area (Å²) in [6.07, 6.45) is 3.25. The van der Waals surface area contributed by atoms with Crippen LogP contribution in [0.5, 0.6) is 0 Å². The molecule has 1 aromatic rings. The number of nitrogens with one attached hydrogen (secondary N) is 1. The summed E-state index contributed by atoms with van der Waals surface area (Å²) in [5.41, 5.74) is 7.00. The molecule has 1 fully saturated rings. The predicted molar refractivity (Wildman–Crippen MR) is 72.8 cm³/mol. The van der Waals surface area contributed by atoms with E-state index in [1.54, 1.807) is 16.6 Å². The number of carbonyl (C=O) groups excluding carboxylic acids is 2. The third kappa shape index (κ3) is 3.51. The van der Waals surface area contributed by atoms with Crippen LogP contribution >= 0.6 is 11.3 Å². The van der Waals surface area contributed by atoms with Gasteiger partial charge in [0.2, 0.25) is 5.91 Å². The number of hydrogen-bond donors (Lipinski definition) is 2. The van der Waals surface area contributed by atoms with Crippen LogP contribution in [0.25, 0.3) is 0 Å². The molecule has 19 heavy (non-hydrogen) atoms. The highest BCUT2D eigenvalue weighted by molar-refractivity contribution is 7.11. The summed E-state index contributed by atoms with van der Waals surface area (Å²) < 4.78 is 0. The number of thiazole rings is 1. The van der Waals surface area contributed by atoms with Crippen molar-refractivity contribution in [3.05, 3.63) is 16.6 Å². The van der Waals surface area contributed by atoms with E-state index in [9.17, 15) is 9.59 Å². The first kappa shape index (κ1) is 14.0. The average molecular weight is 282 g/mol. The van der Waals surface area contributed by atoms with E-state index >= 15 is 0 Å². The molecule has 2 rings (SSSR count). The Hall–Kier alpha value is -1.47. The van der Waals surface area contributed by atoms with Crippen LogP contribution in [0, 0.1) is 5.92 Å². The van der Waals surface area contributed by atoms with Crippen molar-refractivity contribution in [2.75, 3.05) is 26.2 Å². The maximum atomic E-state index is 12.2. The molecular formula is C12H18N4O2S. The van der Waals surface area contributed by atoms with Crippen molar-refractivity contribution >= 4 is 23.2 Å². The van der Waals surface area contributed by atoms with Crippen LogP contribution in [0.4, 0.5) is 0 Å². The van der Waals surface area contributed by atoms with E-state index in [0.717, 1.165) is 12.8 Å². The second-order valence-electron chi connectivity index (χ2n) is 4.54. The largest absolute Gasteiger partial charge is 0.355 e. The van der Waals surface area contributed by atoms with Crippen molar-refractivity contribution in [3.63, 3.8) is 0 Å². The third-order valence-electron chi connectivity index (χ3n) is 3.17. The van der Waals surface area contributed by atoms with Gasteiger partial charge in [0.25, 0.3) is 5.91 Å².